The molecule has 8 nitrogen and oxygen atoms in total. The largest absolute Gasteiger partial charge is 0.487 e. The summed E-state index contributed by atoms with van der Waals surface area (Å²) in [5.41, 5.74) is 3.49. The van der Waals surface area contributed by atoms with Gasteiger partial charge in [-0.15, -0.1) is 10.2 Å². The van der Waals surface area contributed by atoms with Crippen molar-refractivity contribution in [2.45, 2.75) is 20.8 Å². The number of hydrogen-bond acceptors (Lipinski definition) is 7. The average molecular weight is 520 g/mol. The molecule has 3 rings (SSSR count). The summed E-state index contributed by atoms with van der Waals surface area (Å²) in [6.07, 6.45) is 0. The van der Waals surface area contributed by atoms with E-state index in [-0.39, 0.29) is 0 Å². The standard InChI is InChI=1S/C27H33NO3.ClHO4/c1-22-10-4-7-13-25(22)29-19-16-28(17-20-30-26-14-8-5-11-23(26)2)18-21-31-27-15-9-6-12-24(27)3;2-1(3,4)5/h4-15H,16-21H2,1-3H3;(H,2,3,4,5). The minimum absolute atomic E-state index is 0.662. The molecule has 0 aromatic heterocycles. The van der Waals surface area contributed by atoms with E-state index in [1.807, 2.05) is 54.6 Å². The monoisotopic (exact) mass is 519 g/mol. The Morgan fingerprint density at radius 3 is 1.03 bits per heavy atom. The van der Waals surface area contributed by atoms with Crippen LogP contribution in [0.2, 0.25) is 0 Å². The van der Waals surface area contributed by atoms with Gasteiger partial charge in [-0.1, -0.05) is 54.6 Å². The lowest BCUT2D eigenvalue weighted by atomic mass is 10.2. The summed E-state index contributed by atoms with van der Waals surface area (Å²) in [5.74, 6) is 2.86. The molecule has 0 amide bonds. The number of benzene rings is 3. The first-order chi connectivity index (χ1) is 17.1. The van der Waals surface area contributed by atoms with Gasteiger partial charge in [0.25, 0.3) is 0 Å². The van der Waals surface area contributed by atoms with E-state index in [4.69, 9.17) is 32.8 Å². The highest BCUT2D eigenvalue weighted by atomic mass is 35.7. The number of aryl methyl sites for hydroxylation is 3. The highest BCUT2D eigenvalue weighted by molar-refractivity contribution is 5.33. The Hall–Kier alpha value is -2.85. The minimum atomic E-state index is -4.94. The van der Waals surface area contributed by atoms with Gasteiger partial charge in [0.15, 0.2) is 0 Å². The first kappa shape index (κ1) is 29.4. The van der Waals surface area contributed by atoms with Crippen molar-refractivity contribution < 1.29 is 48.0 Å². The molecule has 9 heteroatoms. The van der Waals surface area contributed by atoms with Crippen molar-refractivity contribution in [3.63, 3.8) is 0 Å². The van der Waals surface area contributed by atoms with Crippen LogP contribution in [0.3, 0.4) is 0 Å². The number of para-hydroxylation sites is 3. The molecule has 0 aliphatic rings. The first-order valence-corrected chi connectivity index (χ1v) is 12.9. The maximum atomic E-state index is 8.49. The van der Waals surface area contributed by atoms with E-state index in [0.717, 1.165) is 53.6 Å². The van der Waals surface area contributed by atoms with Crippen LogP contribution in [-0.4, -0.2) is 39.5 Å². The molecule has 3 aromatic carbocycles. The third kappa shape index (κ3) is 12.2. The lowest BCUT2D eigenvalue weighted by Gasteiger charge is -2.21. The average Bonchev–Trinajstić information content (AvgIpc) is 2.81. The van der Waals surface area contributed by atoms with Gasteiger partial charge in [0.1, 0.15) is 56.7 Å². The summed E-state index contributed by atoms with van der Waals surface area (Å²) in [6.45, 7) is 10.9. The highest BCUT2D eigenvalue weighted by Crippen LogP contribution is 2.17. The molecule has 0 aliphatic heterocycles. The summed E-state index contributed by atoms with van der Waals surface area (Å²) < 4.78 is 52.1. The Kier molecular flexibility index (Phi) is 12.5. The van der Waals surface area contributed by atoms with E-state index in [1.165, 1.54) is 4.90 Å². The van der Waals surface area contributed by atoms with Crippen molar-refractivity contribution in [3.05, 3.63) is 89.5 Å². The van der Waals surface area contributed by atoms with Crippen LogP contribution in [0.5, 0.6) is 17.2 Å². The van der Waals surface area contributed by atoms with Crippen LogP contribution < -0.4 is 37.7 Å². The molecule has 0 atom stereocenters. The number of nitrogens with one attached hydrogen (secondary N) is 1. The van der Waals surface area contributed by atoms with Gasteiger partial charge in [-0.05, 0) is 55.7 Å². The van der Waals surface area contributed by atoms with Gasteiger partial charge >= 0.3 is 0 Å². The molecule has 36 heavy (non-hydrogen) atoms. The third-order valence-electron chi connectivity index (χ3n) is 5.42. The molecule has 0 bridgehead atoms. The van der Waals surface area contributed by atoms with E-state index < -0.39 is 10.2 Å². The SMILES string of the molecule is Cc1ccccc1OCC[NH+](CCOc1ccccc1C)CCOc1ccccc1C.[O-][Cl+3]([O-])([O-])[O-]. The fourth-order valence-electron chi connectivity index (χ4n) is 3.45. The quantitative estimate of drug-likeness (QED) is 0.335. The number of ether oxygens (including phenoxy) is 3. The summed E-state index contributed by atoms with van der Waals surface area (Å²) in [5, 5.41) is 0. The van der Waals surface area contributed by atoms with Gasteiger partial charge in [0, 0.05) is 0 Å². The number of quaternary nitrogens is 1. The Labute approximate surface area is 215 Å². The summed E-state index contributed by atoms with van der Waals surface area (Å²) >= 11 is 0. The first-order valence-electron chi connectivity index (χ1n) is 11.6. The molecule has 0 spiro atoms. The van der Waals surface area contributed by atoms with Crippen molar-refractivity contribution in [3.8, 4) is 17.2 Å². The summed E-state index contributed by atoms with van der Waals surface area (Å²) in [6, 6.07) is 24.4. The lowest BCUT2D eigenvalue weighted by Crippen LogP contribution is -3.13. The Bertz CT molecular complexity index is 914. The van der Waals surface area contributed by atoms with E-state index in [2.05, 4.69) is 39.0 Å². The molecular weight excluding hydrogens is 486 g/mol. The number of halogens is 1. The maximum Gasteiger partial charge on any atom is 0.137 e. The molecule has 0 unspecified atom stereocenters. The fraction of sp³-hybridized carbons (Fsp3) is 0.333. The van der Waals surface area contributed by atoms with Crippen LogP contribution in [0.1, 0.15) is 16.7 Å². The summed E-state index contributed by atoms with van der Waals surface area (Å²) in [4.78, 5) is 1.40. The van der Waals surface area contributed by atoms with Crippen molar-refractivity contribution >= 4 is 0 Å². The second-order valence-corrected chi connectivity index (χ2v) is 8.98. The fourth-order valence-corrected chi connectivity index (χ4v) is 3.45. The predicted octanol–water partition coefficient (Wildman–Crippen LogP) is -0.722. The molecule has 0 radical (unpaired) electrons. The van der Waals surface area contributed by atoms with Gasteiger partial charge < -0.3 is 19.1 Å². The Morgan fingerprint density at radius 1 is 0.528 bits per heavy atom. The van der Waals surface area contributed by atoms with E-state index in [0.29, 0.717) is 19.8 Å². The molecule has 196 valence electrons. The lowest BCUT2D eigenvalue weighted by molar-refractivity contribution is -2.00. The van der Waals surface area contributed by atoms with Gasteiger partial charge in [-0.2, -0.15) is 0 Å². The molecule has 3 aromatic rings. The zero-order valence-corrected chi connectivity index (χ0v) is 21.7. The number of rotatable bonds is 12. The van der Waals surface area contributed by atoms with Crippen molar-refractivity contribution in [2.24, 2.45) is 0 Å². The van der Waals surface area contributed by atoms with Crippen LogP contribution in [-0.2, 0) is 0 Å². The predicted molar refractivity (Wildman–Crippen MR) is 126 cm³/mol. The van der Waals surface area contributed by atoms with Crippen molar-refractivity contribution in [1.29, 1.82) is 0 Å². The van der Waals surface area contributed by atoms with Gasteiger partial charge in [0.2, 0.25) is 0 Å². The van der Waals surface area contributed by atoms with E-state index in [1.54, 1.807) is 0 Å². The van der Waals surface area contributed by atoms with Crippen LogP contribution >= 0.6 is 0 Å². The molecule has 0 saturated heterocycles. The van der Waals surface area contributed by atoms with Gasteiger partial charge in [-0.25, -0.2) is 18.6 Å². The smallest absolute Gasteiger partial charge is 0.137 e. The Morgan fingerprint density at radius 2 is 0.778 bits per heavy atom. The molecular formula is C27H34ClNO7. The number of hydrogen-bond donors (Lipinski definition) is 1. The minimum Gasteiger partial charge on any atom is -0.487 e. The summed E-state index contributed by atoms with van der Waals surface area (Å²) in [7, 11) is -4.94. The van der Waals surface area contributed by atoms with Crippen molar-refractivity contribution in [1.82, 2.24) is 0 Å². The molecule has 0 aliphatic carbocycles. The second kappa shape index (κ2) is 15.3. The van der Waals surface area contributed by atoms with Crippen LogP contribution in [0.4, 0.5) is 0 Å². The van der Waals surface area contributed by atoms with Crippen molar-refractivity contribution in [2.75, 3.05) is 39.5 Å². The van der Waals surface area contributed by atoms with Crippen LogP contribution in [0.25, 0.3) is 0 Å². The van der Waals surface area contributed by atoms with Gasteiger partial charge in [0.05, 0.1) is 0 Å². The second-order valence-electron chi connectivity index (χ2n) is 8.22. The van der Waals surface area contributed by atoms with E-state index >= 15 is 0 Å². The molecule has 1 N–H and O–H groups in total. The van der Waals surface area contributed by atoms with Crippen LogP contribution in [0.15, 0.2) is 72.8 Å². The van der Waals surface area contributed by atoms with Gasteiger partial charge in [-0.3, -0.25) is 0 Å². The van der Waals surface area contributed by atoms with Crippen LogP contribution in [0, 0.1) is 31.0 Å². The zero-order chi connectivity index (χ0) is 26.4. The topological polar surface area (TPSA) is 124 Å². The molecule has 0 fully saturated rings. The zero-order valence-electron chi connectivity index (χ0n) is 20.9. The van der Waals surface area contributed by atoms with E-state index in [9.17, 15) is 0 Å². The molecule has 0 heterocycles. The molecule has 0 saturated carbocycles. The highest BCUT2D eigenvalue weighted by Gasteiger charge is 2.11. The third-order valence-corrected chi connectivity index (χ3v) is 5.42. The normalized spacial score (nSPS) is 11.0. The maximum absolute atomic E-state index is 8.49. The Balaban J connectivity index is 0.000000830.